The van der Waals surface area contributed by atoms with E-state index in [-0.39, 0.29) is 23.2 Å². The van der Waals surface area contributed by atoms with Crippen molar-refractivity contribution in [1.29, 1.82) is 0 Å². The summed E-state index contributed by atoms with van der Waals surface area (Å²) < 4.78 is 25.1. The van der Waals surface area contributed by atoms with Crippen molar-refractivity contribution < 1.29 is 13.2 Å². The molecule has 1 heterocycles. The lowest BCUT2D eigenvalue weighted by Gasteiger charge is -2.01. The first kappa shape index (κ1) is 17.3. The van der Waals surface area contributed by atoms with Gasteiger partial charge in [-0.2, -0.15) is 0 Å². The molecule has 3 N–H and O–H groups in total. The summed E-state index contributed by atoms with van der Waals surface area (Å²) in [5, 5.41) is 7.02. The van der Waals surface area contributed by atoms with Gasteiger partial charge in [-0.05, 0) is 20.2 Å². The zero-order chi connectivity index (χ0) is 12.9. The summed E-state index contributed by atoms with van der Waals surface area (Å²) in [4.78, 5) is 12.1. The maximum atomic E-state index is 11.6. The molecule has 0 bridgehead atoms. The Morgan fingerprint density at radius 2 is 2.00 bits per heavy atom. The molecule has 104 valence electrons. The topological polar surface area (TPSA) is 87.3 Å². The number of carbonyl (C=O) groups is 1. The molecule has 18 heavy (non-hydrogen) atoms. The van der Waals surface area contributed by atoms with E-state index in [2.05, 4.69) is 15.4 Å². The van der Waals surface area contributed by atoms with Gasteiger partial charge in [0.25, 0.3) is 5.91 Å². The van der Waals surface area contributed by atoms with E-state index >= 15 is 0 Å². The highest BCUT2D eigenvalue weighted by Gasteiger charge is 2.16. The van der Waals surface area contributed by atoms with E-state index in [0.29, 0.717) is 18.0 Å². The van der Waals surface area contributed by atoms with Crippen molar-refractivity contribution in [2.24, 2.45) is 0 Å². The van der Waals surface area contributed by atoms with E-state index in [4.69, 9.17) is 0 Å². The summed E-state index contributed by atoms with van der Waals surface area (Å²) in [6.07, 6.45) is 0. The number of nitrogens with one attached hydrogen (secondary N) is 3. The minimum Gasteiger partial charge on any atom is -0.350 e. The van der Waals surface area contributed by atoms with Crippen LogP contribution in [0.4, 0.5) is 0 Å². The fraction of sp³-hybridized carbons (Fsp3) is 0.444. The number of thiophene rings is 1. The van der Waals surface area contributed by atoms with Gasteiger partial charge >= 0.3 is 0 Å². The number of amides is 1. The standard InChI is InChI=1S/C9H15N3O3S2.ClH/c1-10-3-4-12-9(13)8-5-7(6-16-8)17(14,15)11-2;/h5-6,10-11H,3-4H2,1-2H3,(H,12,13);1H. The van der Waals surface area contributed by atoms with Gasteiger partial charge in [0.1, 0.15) is 0 Å². The van der Waals surface area contributed by atoms with Gasteiger partial charge in [0, 0.05) is 18.5 Å². The Morgan fingerprint density at radius 3 is 2.56 bits per heavy atom. The zero-order valence-electron chi connectivity index (χ0n) is 10.0. The number of carbonyl (C=O) groups excluding carboxylic acids is 1. The van der Waals surface area contributed by atoms with E-state index < -0.39 is 10.0 Å². The molecule has 6 nitrogen and oxygen atoms in total. The SMILES string of the molecule is CNCCNC(=O)c1cc(S(=O)(=O)NC)cs1.Cl. The second kappa shape index (κ2) is 7.70. The van der Waals surface area contributed by atoms with Gasteiger partial charge in [0.2, 0.25) is 10.0 Å². The van der Waals surface area contributed by atoms with Crippen LogP contribution in [0, 0.1) is 0 Å². The lowest BCUT2D eigenvalue weighted by atomic mass is 10.4. The molecule has 1 aromatic rings. The van der Waals surface area contributed by atoms with Gasteiger partial charge in [-0.1, -0.05) is 0 Å². The van der Waals surface area contributed by atoms with Crippen LogP contribution in [0.15, 0.2) is 16.3 Å². The first-order valence-electron chi connectivity index (χ1n) is 4.96. The number of rotatable bonds is 6. The molecule has 0 aliphatic heterocycles. The Bertz CT molecular complexity index is 487. The van der Waals surface area contributed by atoms with Crippen molar-refractivity contribution in [2.45, 2.75) is 4.90 Å². The van der Waals surface area contributed by atoms with Crippen LogP contribution in [-0.2, 0) is 10.0 Å². The molecule has 0 aliphatic rings. The number of halogens is 1. The minimum atomic E-state index is -3.47. The summed E-state index contributed by atoms with van der Waals surface area (Å²) in [5.74, 6) is -0.261. The molecule has 0 unspecified atom stereocenters. The van der Waals surface area contributed by atoms with Gasteiger partial charge in [0.15, 0.2) is 0 Å². The van der Waals surface area contributed by atoms with Gasteiger partial charge in [-0.15, -0.1) is 23.7 Å². The normalized spacial score (nSPS) is 10.8. The van der Waals surface area contributed by atoms with E-state index in [1.54, 1.807) is 7.05 Å². The van der Waals surface area contributed by atoms with Crippen LogP contribution in [0.25, 0.3) is 0 Å². The molecule has 1 amide bonds. The van der Waals surface area contributed by atoms with Gasteiger partial charge in [-0.25, -0.2) is 13.1 Å². The van der Waals surface area contributed by atoms with Crippen LogP contribution in [0.5, 0.6) is 0 Å². The second-order valence-electron chi connectivity index (χ2n) is 3.21. The Morgan fingerprint density at radius 1 is 1.33 bits per heavy atom. The van der Waals surface area contributed by atoms with Crippen LogP contribution >= 0.6 is 23.7 Å². The largest absolute Gasteiger partial charge is 0.350 e. The van der Waals surface area contributed by atoms with Gasteiger partial charge < -0.3 is 10.6 Å². The van der Waals surface area contributed by atoms with Crippen LogP contribution < -0.4 is 15.4 Å². The molecule has 0 aliphatic carbocycles. The molecule has 0 atom stereocenters. The van der Waals surface area contributed by atoms with Crippen molar-refractivity contribution in [3.8, 4) is 0 Å². The third-order valence-electron chi connectivity index (χ3n) is 2.04. The van der Waals surface area contributed by atoms with Crippen LogP contribution in [-0.4, -0.2) is 41.5 Å². The van der Waals surface area contributed by atoms with Crippen LogP contribution in [0.3, 0.4) is 0 Å². The third kappa shape index (κ3) is 4.54. The maximum absolute atomic E-state index is 11.6. The Labute approximate surface area is 117 Å². The molecule has 1 aromatic heterocycles. The summed E-state index contributed by atoms with van der Waals surface area (Å²) in [6.45, 7) is 1.17. The van der Waals surface area contributed by atoms with Crippen molar-refractivity contribution >= 4 is 39.7 Å². The predicted molar refractivity (Wildman–Crippen MR) is 74.1 cm³/mol. The predicted octanol–water partition coefficient (Wildman–Crippen LogP) is 0.0272. The van der Waals surface area contributed by atoms with Crippen molar-refractivity contribution in [3.63, 3.8) is 0 Å². The molecule has 9 heteroatoms. The van der Waals surface area contributed by atoms with E-state index in [1.165, 1.54) is 18.5 Å². The van der Waals surface area contributed by atoms with Crippen molar-refractivity contribution in [3.05, 3.63) is 16.3 Å². The molecule has 0 fully saturated rings. The first-order chi connectivity index (χ1) is 8.01. The summed E-state index contributed by atoms with van der Waals surface area (Å²) in [7, 11) is -0.348. The Balaban J connectivity index is 0.00000289. The highest BCUT2D eigenvalue weighted by Crippen LogP contribution is 2.18. The van der Waals surface area contributed by atoms with Gasteiger partial charge in [0.05, 0.1) is 9.77 Å². The summed E-state index contributed by atoms with van der Waals surface area (Å²) >= 11 is 1.11. The van der Waals surface area contributed by atoms with Crippen LogP contribution in [0.2, 0.25) is 0 Å². The lowest BCUT2D eigenvalue weighted by molar-refractivity contribution is 0.0958. The number of hydrogen-bond acceptors (Lipinski definition) is 5. The molecular formula is C9H16ClN3O3S2. The van der Waals surface area contributed by atoms with Crippen molar-refractivity contribution in [1.82, 2.24) is 15.4 Å². The quantitative estimate of drug-likeness (QED) is 0.647. The van der Waals surface area contributed by atoms with E-state index in [1.807, 2.05) is 0 Å². The molecule has 0 aromatic carbocycles. The van der Waals surface area contributed by atoms with E-state index in [9.17, 15) is 13.2 Å². The average molecular weight is 314 g/mol. The monoisotopic (exact) mass is 313 g/mol. The first-order valence-corrected chi connectivity index (χ1v) is 7.32. The second-order valence-corrected chi connectivity index (χ2v) is 6.01. The fourth-order valence-corrected chi connectivity index (χ4v) is 3.00. The molecule has 0 saturated heterocycles. The Kier molecular flexibility index (Phi) is 7.41. The molecule has 0 radical (unpaired) electrons. The summed E-state index contributed by atoms with van der Waals surface area (Å²) in [5.41, 5.74) is 0. The number of sulfonamides is 1. The lowest BCUT2D eigenvalue weighted by Crippen LogP contribution is -2.29. The average Bonchev–Trinajstić information content (AvgIpc) is 2.79. The maximum Gasteiger partial charge on any atom is 0.261 e. The zero-order valence-corrected chi connectivity index (χ0v) is 12.5. The highest BCUT2D eigenvalue weighted by molar-refractivity contribution is 7.89. The molecular weight excluding hydrogens is 298 g/mol. The molecule has 0 saturated carbocycles. The van der Waals surface area contributed by atoms with Crippen molar-refractivity contribution in [2.75, 3.05) is 27.2 Å². The minimum absolute atomic E-state index is 0. The summed E-state index contributed by atoms with van der Waals surface area (Å²) in [6, 6.07) is 1.37. The third-order valence-corrected chi connectivity index (χ3v) is 4.51. The van der Waals surface area contributed by atoms with Gasteiger partial charge in [-0.3, -0.25) is 4.79 Å². The smallest absolute Gasteiger partial charge is 0.261 e. The highest BCUT2D eigenvalue weighted by atomic mass is 35.5. The van der Waals surface area contributed by atoms with Crippen LogP contribution in [0.1, 0.15) is 9.67 Å². The molecule has 0 spiro atoms. The number of hydrogen-bond donors (Lipinski definition) is 3. The van der Waals surface area contributed by atoms with E-state index in [0.717, 1.165) is 11.3 Å². The number of likely N-dealkylation sites (N-methyl/N-ethyl adjacent to an activating group) is 1. The molecule has 1 rings (SSSR count). The Hall–Kier alpha value is -0.670. The fourth-order valence-electron chi connectivity index (χ4n) is 1.08.